The summed E-state index contributed by atoms with van der Waals surface area (Å²) in [6.07, 6.45) is -0.224. The van der Waals surface area contributed by atoms with Gasteiger partial charge in [0.15, 0.2) is 0 Å². The average Bonchev–Trinajstić information content (AvgIpc) is 1.96. The van der Waals surface area contributed by atoms with Crippen LogP contribution >= 0.6 is 7.82 Å². The third-order valence-electron chi connectivity index (χ3n) is 0.986. The van der Waals surface area contributed by atoms with E-state index in [1.54, 1.807) is 0 Å². The van der Waals surface area contributed by atoms with Crippen LogP contribution in [-0.4, -0.2) is 42.9 Å². The minimum atomic E-state index is -4.64. The molecule has 0 aromatic heterocycles. The Morgan fingerprint density at radius 3 is 1.73 bits per heavy atom. The first-order valence-corrected chi connectivity index (χ1v) is 5.09. The van der Waals surface area contributed by atoms with Crippen LogP contribution in [0.5, 0.6) is 0 Å². The van der Waals surface area contributed by atoms with Crippen LogP contribution in [0.1, 0.15) is 12.8 Å². The zero-order valence-corrected chi connectivity index (χ0v) is 8.37. The first-order chi connectivity index (χ1) is 6.54. The highest BCUT2D eigenvalue weighted by molar-refractivity contribution is 7.45. The fourth-order valence-corrected chi connectivity index (χ4v) is 0.402. The van der Waals surface area contributed by atoms with Crippen molar-refractivity contribution in [2.75, 3.05) is 0 Å². The summed E-state index contributed by atoms with van der Waals surface area (Å²) < 4.78 is 8.88. The van der Waals surface area contributed by atoms with Gasteiger partial charge in [0.1, 0.15) is 6.04 Å². The lowest BCUT2D eigenvalue weighted by Gasteiger charge is -2.01. The van der Waals surface area contributed by atoms with Gasteiger partial charge in [-0.05, 0) is 6.42 Å². The number of phosphoric acid groups is 1. The number of nitrogens with two attached hydrogens (primary N) is 1. The van der Waals surface area contributed by atoms with Crippen LogP contribution in [0.25, 0.3) is 0 Å². The van der Waals surface area contributed by atoms with Crippen LogP contribution < -0.4 is 5.73 Å². The second kappa shape index (κ2) is 7.32. The van der Waals surface area contributed by atoms with Gasteiger partial charge in [0.2, 0.25) is 0 Å². The van der Waals surface area contributed by atoms with Crippen molar-refractivity contribution in [3.8, 4) is 0 Å². The standard InChI is InChI=1S/C5H9NO4.H3O4P/c6-3(5(9)10)1-2-4(7)8;1-5(2,3)4/h3H,1-2,6H2,(H,7,8)(H,9,10);(H3,1,2,3,4). The van der Waals surface area contributed by atoms with E-state index in [1.165, 1.54) is 0 Å². The summed E-state index contributed by atoms with van der Waals surface area (Å²) in [4.78, 5) is 41.4. The topological polar surface area (TPSA) is 178 Å². The van der Waals surface area contributed by atoms with E-state index in [2.05, 4.69) is 0 Å². The number of aliphatic carboxylic acids is 2. The molecule has 0 aliphatic rings. The summed E-state index contributed by atoms with van der Waals surface area (Å²) in [6, 6.07) is -1.06. The van der Waals surface area contributed by atoms with Crippen LogP contribution in [0.3, 0.4) is 0 Å². The molecule has 0 rings (SSSR count). The van der Waals surface area contributed by atoms with Crippen molar-refractivity contribution in [3.63, 3.8) is 0 Å². The molecule has 9 nitrogen and oxygen atoms in total. The van der Waals surface area contributed by atoms with Gasteiger partial charge in [-0.3, -0.25) is 9.59 Å². The van der Waals surface area contributed by atoms with Crippen molar-refractivity contribution in [1.82, 2.24) is 0 Å². The molecule has 0 saturated heterocycles. The molecule has 0 aliphatic carbocycles. The molecule has 0 radical (unpaired) electrons. The van der Waals surface area contributed by atoms with E-state index in [1.807, 2.05) is 0 Å². The normalized spacial score (nSPS) is 12.3. The Morgan fingerprint density at radius 1 is 1.20 bits per heavy atom. The molecule has 90 valence electrons. The molecule has 0 bridgehead atoms. The summed E-state index contributed by atoms with van der Waals surface area (Å²) in [5.41, 5.74) is 5.00. The first-order valence-electron chi connectivity index (χ1n) is 3.52. The molecule has 1 atom stereocenters. The lowest BCUT2D eigenvalue weighted by atomic mass is 10.2. The number of carboxylic acid groups (broad SMARTS) is 2. The SMILES string of the molecule is NC(CCC(=O)O)C(=O)O.O=P(O)(O)O. The molecule has 0 amide bonds. The molecule has 1 unspecified atom stereocenters. The second-order valence-corrected chi connectivity index (χ2v) is 3.42. The molecule has 0 heterocycles. The third kappa shape index (κ3) is 24.6. The Hall–Kier alpha value is -0.990. The molecule has 0 saturated carbocycles. The molecular weight excluding hydrogens is 233 g/mol. The second-order valence-electron chi connectivity index (χ2n) is 2.39. The Morgan fingerprint density at radius 2 is 1.53 bits per heavy atom. The van der Waals surface area contributed by atoms with Crippen molar-refractivity contribution in [3.05, 3.63) is 0 Å². The summed E-state index contributed by atoms with van der Waals surface area (Å²) >= 11 is 0. The number of hydrogen-bond acceptors (Lipinski definition) is 4. The Kier molecular flexibility index (Phi) is 8.02. The van der Waals surface area contributed by atoms with E-state index in [4.69, 9.17) is 35.2 Å². The summed E-state index contributed by atoms with van der Waals surface area (Å²) in [7, 11) is -4.64. The van der Waals surface area contributed by atoms with E-state index in [9.17, 15) is 9.59 Å². The minimum Gasteiger partial charge on any atom is -0.481 e. The molecule has 10 heteroatoms. The maximum absolute atomic E-state index is 9.99. The van der Waals surface area contributed by atoms with Crippen LogP contribution in [0.2, 0.25) is 0 Å². The van der Waals surface area contributed by atoms with E-state index in [0.717, 1.165) is 0 Å². The van der Waals surface area contributed by atoms with Gasteiger partial charge in [0, 0.05) is 6.42 Å². The highest BCUT2D eigenvalue weighted by Gasteiger charge is 2.12. The van der Waals surface area contributed by atoms with Gasteiger partial charge >= 0.3 is 19.8 Å². The molecule has 0 aromatic carbocycles. The van der Waals surface area contributed by atoms with E-state index in [0.29, 0.717) is 0 Å². The molecule has 15 heavy (non-hydrogen) atoms. The highest BCUT2D eigenvalue weighted by Crippen LogP contribution is 2.25. The van der Waals surface area contributed by atoms with Gasteiger partial charge in [0.25, 0.3) is 0 Å². The Balaban J connectivity index is 0. The Labute approximate surface area is 84.4 Å². The molecule has 7 N–H and O–H groups in total. The summed E-state index contributed by atoms with van der Waals surface area (Å²) in [6.45, 7) is 0. The number of carboxylic acids is 2. The van der Waals surface area contributed by atoms with Crippen molar-refractivity contribution >= 4 is 19.8 Å². The molecule has 0 fully saturated rings. The van der Waals surface area contributed by atoms with Gasteiger partial charge in [-0.1, -0.05) is 0 Å². The fourth-order valence-electron chi connectivity index (χ4n) is 0.402. The van der Waals surface area contributed by atoms with Crippen LogP contribution in [0.15, 0.2) is 0 Å². The summed E-state index contributed by atoms with van der Waals surface area (Å²) in [5.74, 6) is -2.20. The van der Waals surface area contributed by atoms with Gasteiger partial charge in [0.05, 0.1) is 0 Å². The molecule has 0 aromatic rings. The minimum absolute atomic E-state index is 0.0231. The first kappa shape index (κ1) is 16.4. The van der Waals surface area contributed by atoms with Gasteiger partial charge < -0.3 is 30.6 Å². The summed E-state index contributed by atoms with van der Waals surface area (Å²) in [5, 5.41) is 16.3. The number of carbonyl (C=O) groups is 2. The fraction of sp³-hybridized carbons (Fsp3) is 0.600. The monoisotopic (exact) mass is 245 g/mol. The maximum Gasteiger partial charge on any atom is 0.466 e. The highest BCUT2D eigenvalue weighted by atomic mass is 31.2. The lowest BCUT2D eigenvalue weighted by Crippen LogP contribution is -2.30. The Bertz CT molecular complexity index is 251. The zero-order valence-electron chi connectivity index (χ0n) is 7.48. The van der Waals surface area contributed by atoms with Gasteiger partial charge in [-0.2, -0.15) is 0 Å². The van der Waals surface area contributed by atoms with Crippen molar-refractivity contribution in [2.45, 2.75) is 18.9 Å². The van der Waals surface area contributed by atoms with Gasteiger partial charge in [-0.25, -0.2) is 4.57 Å². The van der Waals surface area contributed by atoms with E-state index < -0.39 is 25.8 Å². The van der Waals surface area contributed by atoms with Crippen molar-refractivity contribution in [1.29, 1.82) is 0 Å². The number of hydrogen-bond donors (Lipinski definition) is 6. The van der Waals surface area contributed by atoms with Crippen LogP contribution in [-0.2, 0) is 14.2 Å². The zero-order chi connectivity index (χ0) is 12.6. The lowest BCUT2D eigenvalue weighted by molar-refractivity contribution is -0.139. The quantitative estimate of drug-likeness (QED) is 0.316. The molecule has 0 aliphatic heterocycles. The average molecular weight is 245 g/mol. The van der Waals surface area contributed by atoms with Crippen molar-refractivity contribution in [2.24, 2.45) is 5.73 Å². The predicted octanol–water partition coefficient (Wildman–Crippen LogP) is -1.67. The smallest absolute Gasteiger partial charge is 0.466 e. The largest absolute Gasteiger partial charge is 0.481 e. The van der Waals surface area contributed by atoms with Crippen LogP contribution in [0.4, 0.5) is 0 Å². The van der Waals surface area contributed by atoms with Crippen LogP contribution in [0, 0.1) is 0 Å². The molecule has 0 spiro atoms. The molecular formula is C5H12NO8P. The van der Waals surface area contributed by atoms with E-state index in [-0.39, 0.29) is 12.8 Å². The van der Waals surface area contributed by atoms with Gasteiger partial charge in [-0.15, -0.1) is 0 Å². The number of rotatable bonds is 4. The third-order valence-corrected chi connectivity index (χ3v) is 0.986. The van der Waals surface area contributed by atoms with E-state index >= 15 is 0 Å². The maximum atomic E-state index is 9.99. The predicted molar refractivity (Wildman–Crippen MR) is 46.7 cm³/mol. The van der Waals surface area contributed by atoms with Crippen molar-refractivity contribution < 1.29 is 39.0 Å².